The highest BCUT2D eigenvalue weighted by atomic mass is 35.5. The summed E-state index contributed by atoms with van der Waals surface area (Å²) in [6, 6.07) is 28.6. The predicted molar refractivity (Wildman–Crippen MR) is 285 cm³/mol. The lowest BCUT2D eigenvalue weighted by atomic mass is 10.0. The maximum absolute atomic E-state index is 14.2. The van der Waals surface area contributed by atoms with Crippen LogP contribution in [0.15, 0.2) is 163 Å². The number of aryl methyl sites for hydroxylation is 3. The molecular formula is C57H44Cl2F8N6O7S. The molecule has 13 nitrogen and oxygen atoms in total. The van der Waals surface area contributed by atoms with Crippen molar-refractivity contribution in [1.82, 2.24) is 29.5 Å². The summed E-state index contributed by atoms with van der Waals surface area (Å²) in [5.41, 5.74) is 3.13. The molecule has 0 fully saturated rings. The fraction of sp³-hybridized carbons (Fsp3) is 0.158. The van der Waals surface area contributed by atoms with Crippen molar-refractivity contribution in [3.05, 3.63) is 219 Å². The predicted octanol–water partition coefficient (Wildman–Crippen LogP) is 14.1. The summed E-state index contributed by atoms with van der Waals surface area (Å²) >= 11 is 11.2. The largest absolute Gasteiger partial charge is 0.454 e. The van der Waals surface area contributed by atoms with Gasteiger partial charge in [-0.2, -0.15) is 45.0 Å². The highest BCUT2D eigenvalue weighted by Crippen LogP contribution is 2.37. The lowest BCUT2D eigenvalue weighted by Crippen LogP contribution is -2.10. The number of hydrogen-bond donors (Lipinski definition) is 1. The van der Waals surface area contributed by atoms with E-state index in [4.69, 9.17) is 37.2 Å². The van der Waals surface area contributed by atoms with Gasteiger partial charge in [-0.05, 0) is 89.8 Å². The minimum atomic E-state index is -4.60. The van der Waals surface area contributed by atoms with Gasteiger partial charge < -0.3 is 9.47 Å². The van der Waals surface area contributed by atoms with Crippen LogP contribution in [-0.4, -0.2) is 54.1 Å². The summed E-state index contributed by atoms with van der Waals surface area (Å²) in [6.07, 6.45) is -0.704. The third-order valence-electron chi connectivity index (χ3n) is 11.5. The molecule has 9 rings (SSSR count). The van der Waals surface area contributed by atoms with E-state index in [0.717, 1.165) is 42.2 Å². The molecule has 420 valence electrons. The highest BCUT2D eigenvalue weighted by Gasteiger charge is 2.34. The molecule has 4 heterocycles. The van der Waals surface area contributed by atoms with Gasteiger partial charge in [0.25, 0.3) is 10.1 Å². The number of carbonyl (C=O) groups is 2. The Bertz CT molecular complexity index is 3590. The van der Waals surface area contributed by atoms with Gasteiger partial charge in [-0.15, -0.1) is 0 Å². The van der Waals surface area contributed by atoms with Crippen LogP contribution in [0.25, 0.3) is 22.5 Å². The second-order valence-corrected chi connectivity index (χ2v) is 20.2. The van der Waals surface area contributed by atoms with E-state index in [0.29, 0.717) is 45.1 Å². The summed E-state index contributed by atoms with van der Waals surface area (Å²) in [4.78, 5) is 32.9. The van der Waals surface area contributed by atoms with Crippen LogP contribution in [0.3, 0.4) is 0 Å². The van der Waals surface area contributed by atoms with Crippen LogP contribution in [0.2, 0.25) is 10.0 Å². The summed E-state index contributed by atoms with van der Waals surface area (Å²) in [6.45, 7) is 1.84. The number of pyridine rings is 2. The lowest BCUT2D eigenvalue weighted by molar-refractivity contribution is -0.138. The smallest absolute Gasteiger partial charge is 0.417 e. The van der Waals surface area contributed by atoms with Crippen LogP contribution in [0.5, 0.6) is 23.0 Å². The highest BCUT2D eigenvalue weighted by molar-refractivity contribution is 7.85. The van der Waals surface area contributed by atoms with Gasteiger partial charge in [0.2, 0.25) is 0 Å². The summed E-state index contributed by atoms with van der Waals surface area (Å²) < 4.78 is 151. The zero-order valence-electron chi connectivity index (χ0n) is 42.6. The second kappa shape index (κ2) is 25.9. The Morgan fingerprint density at radius 3 is 1.23 bits per heavy atom. The first kappa shape index (κ1) is 60.3. The average Bonchev–Trinajstić information content (AvgIpc) is 4.22. The average molecular weight is 1180 g/mol. The molecule has 0 radical (unpaired) electrons. The van der Waals surface area contributed by atoms with Gasteiger partial charge in [-0.25, -0.2) is 8.78 Å². The Labute approximate surface area is 468 Å². The van der Waals surface area contributed by atoms with Crippen LogP contribution < -0.4 is 9.47 Å². The van der Waals surface area contributed by atoms with Crippen LogP contribution in [-0.2, 0) is 71.8 Å². The molecule has 0 unspecified atom stereocenters. The van der Waals surface area contributed by atoms with Crippen molar-refractivity contribution in [2.45, 2.75) is 49.9 Å². The van der Waals surface area contributed by atoms with Crippen molar-refractivity contribution in [2.75, 3.05) is 0 Å². The van der Waals surface area contributed by atoms with E-state index >= 15 is 0 Å². The summed E-state index contributed by atoms with van der Waals surface area (Å²) in [5, 5.41) is 7.30. The van der Waals surface area contributed by atoms with Crippen molar-refractivity contribution in [2.24, 2.45) is 14.1 Å². The maximum Gasteiger partial charge on any atom is 0.417 e. The Kier molecular flexibility index (Phi) is 19.3. The Hall–Kier alpha value is -8.31. The fourth-order valence-corrected chi connectivity index (χ4v) is 8.50. The zero-order valence-corrected chi connectivity index (χ0v) is 44.9. The van der Waals surface area contributed by atoms with Crippen molar-refractivity contribution >= 4 is 44.9 Å². The molecule has 0 amide bonds. The molecule has 0 aliphatic carbocycles. The monoisotopic (exact) mass is 1180 g/mol. The minimum absolute atomic E-state index is 0.0129. The third-order valence-corrected chi connectivity index (χ3v) is 13.1. The molecule has 0 bridgehead atoms. The quantitative estimate of drug-likeness (QED) is 0.0766. The Balaban J connectivity index is 0.000000197. The van der Waals surface area contributed by atoms with Crippen LogP contribution in [0.4, 0.5) is 35.1 Å². The van der Waals surface area contributed by atoms with Crippen molar-refractivity contribution in [3.8, 4) is 45.5 Å². The van der Waals surface area contributed by atoms with Crippen LogP contribution in [0, 0.1) is 18.6 Å². The molecule has 5 aromatic carbocycles. The van der Waals surface area contributed by atoms with Gasteiger partial charge in [0.1, 0.15) is 23.1 Å². The first-order valence-electron chi connectivity index (χ1n) is 23.8. The number of halogens is 10. The zero-order chi connectivity index (χ0) is 58.8. The second-order valence-electron chi connectivity index (χ2n) is 18.0. The fourth-order valence-electron chi connectivity index (χ4n) is 7.57. The number of alkyl halides is 6. The standard InChI is InChI=1S/2C25H18ClF4N3O2.C7H8O3S/c2*1-33-14-17(12-32-33)23-11-24(22(27)13-31-23)35-19-5-2-15(3-6-19)8-18(34)9-16-4-7-21(26)20(10-16)25(28,29)30;1-6-2-4-7(5-3-6)11(8,9)10/h2*2-7,10-14H,8-9H2,1H3;2-5H,1H3,(H,8,9,10). The topological polar surface area (TPSA) is 168 Å². The molecular weight excluding hydrogens is 1140 g/mol. The normalized spacial score (nSPS) is 11.5. The minimum Gasteiger partial charge on any atom is -0.454 e. The van der Waals surface area contributed by atoms with Gasteiger partial charge >= 0.3 is 12.4 Å². The van der Waals surface area contributed by atoms with E-state index in [2.05, 4.69) is 20.2 Å². The van der Waals surface area contributed by atoms with Crippen LogP contribution >= 0.6 is 23.2 Å². The van der Waals surface area contributed by atoms with E-state index in [1.54, 1.807) is 109 Å². The molecule has 1 N–H and O–H groups in total. The molecule has 81 heavy (non-hydrogen) atoms. The number of ketones is 2. The van der Waals surface area contributed by atoms with Crippen molar-refractivity contribution in [3.63, 3.8) is 0 Å². The number of nitrogens with zero attached hydrogens (tertiary/aromatic N) is 6. The molecule has 0 atom stereocenters. The number of hydrogen-bond acceptors (Lipinski definition) is 10. The van der Waals surface area contributed by atoms with Gasteiger partial charge in [-0.1, -0.05) is 77.3 Å². The molecule has 0 aliphatic rings. The number of aromatic nitrogens is 6. The molecule has 9 aromatic rings. The van der Waals surface area contributed by atoms with Crippen molar-refractivity contribution < 1.29 is 67.2 Å². The van der Waals surface area contributed by atoms with Gasteiger partial charge in [0.15, 0.2) is 23.1 Å². The third kappa shape index (κ3) is 17.3. The van der Waals surface area contributed by atoms with E-state index in [1.165, 1.54) is 36.4 Å². The van der Waals surface area contributed by atoms with E-state index in [-0.39, 0.29) is 64.8 Å². The van der Waals surface area contributed by atoms with Gasteiger partial charge in [-0.3, -0.25) is 33.5 Å². The Morgan fingerprint density at radius 2 is 0.901 bits per heavy atom. The van der Waals surface area contributed by atoms with Crippen LogP contribution in [0.1, 0.15) is 38.9 Å². The molecule has 0 spiro atoms. The number of Topliss-reactive ketones (excluding diaryl/α,β-unsaturated/α-hetero) is 2. The first-order valence-corrected chi connectivity index (χ1v) is 26.0. The Morgan fingerprint density at radius 1 is 0.543 bits per heavy atom. The maximum atomic E-state index is 14.2. The molecule has 4 aromatic heterocycles. The molecule has 0 aliphatic heterocycles. The van der Waals surface area contributed by atoms with Crippen molar-refractivity contribution in [1.29, 1.82) is 0 Å². The van der Waals surface area contributed by atoms with Gasteiger partial charge in [0.05, 0.1) is 62.2 Å². The molecule has 0 saturated carbocycles. The van der Waals surface area contributed by atoms with E-state index < -0.39 is 55.3 Å². The summed E-state index contributed by atoms with van der Waals surface area (Å²) in [5.74, 6) is -1.18. The van der Waals surface area contributed by atoms with E-state index in [9.17, 15) is 53.1 Å². The number of benzene rings is 5. The summed E-state index contributed by atoms with van der Waals surface area (Å²) in [7, 11) is -0.508. The van der Waals surface area contributed by atoms with Gasteiger partial charge in [0, 0.05) is 75.4 Å². The first-order chi connectivity index (χ1) is 38.2. The number of carbonyl (C=O) groups excluding carboxylic acids is 2. The number of rotatable bonds is 15. The molecule has 0 saturated heterocycles. The SMILES string of the molecule is Cc1ccc(S(=O)(=O)O)cc1.Cn1cc(-c2cc(Oc3ccc(CC(=O)Cc4ccc(Cl)c(C(F)(F)F)c4)cc3)c(F)cn2)cn1.Cn1cc(-c2cc(Oc3ccc(CC(=O)Cc4ccc(Cl)c(C(F)(F)F)c4)cc3)c(F)cn2)cn1. The van der Waals surface area contributed by atoms with E-state index in [1.807, 2.05) is 6.92 Å². The molecule has 24 heteroatoms. The number of ether oxygens (including phenoxy) is 2. The lowest BCUT2D eigenvalue weighted by Gasteiger charge is -2.11.